The molecule has 0 amide bonds. The van der Waals surface area contributed by atoms with Crippen molar-refractivity contribution in [1.29, 1.82) is 0 Å². The summed E-state index contributed by atoms with van der Waals surface area (Å²) in [6.07, 6.45) is 6.58. The summed E-state index contributed by atoms with van der Waals surface area (Å²) < 4.78 is 0. The molecule has 1 unspecified atom stereocenters. The van der Waals surface area contributed by atoms with Crippen LogP contribution in [-0.2, 0) is 0 Å². The van der Waals surface area contributed by atoms with Crippen molar-refractivity contribution in [2.75, 3.05) is 39.3 Å². The second-order valence-corrected chi connectivity index (χ2v) is 6.33. The van der Waals surface area contributed by atoms with Gasteiger partial charge in [-0.15, -0.1) is 0 Å². The minimum absolute atomic E-state index is 0.355. The lowest BCUT2D eigenvalue weighted by molar-refractivity contribution is 0.133. The standard InChI is InChI=1S/C15H31N3/c1-3-15(4-2,12-16)13-17-8-6-10-18-9-5-7-14(18)11-17/h14H,3-13,16H2,1-2H3. The van der Waals surface area contributed by atoms with Gasteiger partial charge in [-0.2, -0.15) is 0 Å². The summed E-state index contributed by atoms with van der Waals surface area (Å²) in [7, 11) is 0. The summed E-state index contributed by atoms with van der Waals surface area (Å²) in [4.78, 5) is 5.41. The Morgan fingerprint density at radius 2 is 1.83 bits per heavy atom. The van der Waals surface area contributed by atoms with Crippen molar-refractivity contribution in [2.24, 2.45) is 11.1 Å². The molecule has 2 N–H and O–H groups in total. The van der Waals surface area contributed by atoms with E-state index >= 15 is 0 Å². The van der Waals surface area contributed by atoms with Crippen molar-refractivity contribution in [3.05, 3.63) is 0 Å². The minimum Gasteiger partial charge on any atom is -0.330 e. The van der Waals surface area contributed by atoms with E-state index in [-0.39, 0.29) is 0 Å². The monoisotopic (exact) mass is 253 g/mol. The predicted octanol–water partition coefficient (Wildman–Crippen LogP) is 1.92. The number of fused-ring (bicyclic) bond motifs is 1. The first-order chi connectivity index (χ1) is 8.73. The maximum atomic E-state index is 6.05. The van der Waals surface area contributed by atoms with Gasteiger partial charge in [-0.1, -0.05) is 13.8 Å². The lowest BCUT2D eigenvalue weighted by Gasteiger charge is -2.37. The SMILES string of the molecule is CCC(CC)(CN)CN1CCCN2CCCC2C1. The van der Waals surface area contributed by atoms with Crippen molar-refractivity contribution >= 4 is 0 Å². The van der Waals surface area contributed by atoms with Crippen LogP contribution in [0.25, 0.3) is 0 Å². The zero-order valence-corrected chi connectivity index (χ0v) is 12.3. The predicted molar refractivity (Wildman–Crippen MR) is 77.7 cm³/mol. The second-order valence-electron chi connectivity index (χ2n) is 6.33. The van der Waals surface area contributed by atoms with Crippen LogP contribution in [0.3, 0.4) is 0 Å². The molecule has 2 rings (SSSR count). The van der Waals surface area contributed by atoms with Crippen LogP contribution in [0, 0.1) is 5.41 Å². The number of hydrogen-bond acceptors (Lipinski definition) is 3. The van der Waals surface area contributed by atoms with Crippen molar-refractivity contribution in [2.45, 2.75) is 52.0 Å². The minimum atomic E-state index is 0.355. The van der Waals surface area contributed by atoms with Gasteiger partial charge < -0.3 is 10.6 Å². The molecular formula is C15H31N3. The molecular weight excluding hydrogens is 222 g/mol. The molecule has 0 bridgehead atoms. The van der Waals surface area contributed by atoms with E-state index in [0.29, 0.717) is 5.41 Å². The normalized spacial score (nSPS) is 27.2. The van der Waals surface area contributed by atoms with E-state index in [2.05, 4.69) is 23.6 Å². The first-order valence-electron chi connectivity index (χ1n) is 7.89. The van der Waals surface area contributed by atoms with Crippen LogP contribution >= 0.6 is 0 Å². The van der Waals surface area contributed by atoms with E-state index in [0.717, 1.165) is 12.6 Å². The fourth-order valence-corrected chi connectivity index (χ4v) is 3.73. The smallest absolute Gasteiger partial charge is 0.0223 e. The van der Waals surface area contributed by atoms with Gasteiger partial charge in [-0.05, 0) is 63.7 Å². The first-order valence-corrected chi connectivity index (χ1v) is 7.89. The molecule has 0 saturated carbocycles. The Labute approximate surface area is 113 Å². The molecule has 2 heterocycles. The molecule has 3 heteroatoms. The van der Waals surface area contributed by atoms with Crippen LogP contribution in [0.5, 0.6) is 0 Å². The molecule has 1 atom stereocenters. The number of rotatable bonds is 5. The third-order valence-corrected chi connectivity index (χ3v) is 5.38. The van der Waals surface area contributed by atoms with Crippen LogP contribution < -0.4 is 5.73 Å². The zero-order valence-electron chi connectivity index (χ0n) is 12.3. The molecule has 2 saturated heterocycles. The van der Waals surface area contributed by atoms with E-state index in [1.54, 1.807) is 0 Å². The molecule has 2 aliphatic heterocycles. The van der Waals surface area contributed by atoms with E-state index in [4.69, 9.17) is 5.73 Å². The Hall–Kier alpha value is -0.120. The molecule has 2 fully saturated rings. The molecule has 0 aromatic carbocycles. The maximum absolute atomic E-state index is 6.05. The van der Waals surface area contributed by atoms with Gasteiger partial charge in [-0.3, -0.25) is 4.90 Å². The fraction of sp³-hybridized carbons (Fsp3) is 1.00. The largest absolute Gasteiger partial charge is 0.330 e. The molecule has 0 spiro atoms. The van der Waals surface area contributed by atoms with Gasteiger partial charge in [0.25, 0.3) is 0 Å². The molecule has 2 aliphatic rings. The summed E-state index contributed by atoms with van der Waals surface area (Å²) in [5.41, 5.74) is 6.41. The van der Waals surface area contributed by atoms with Crippen LogP contribution in [0.15, 0.2) is 0 Å². The van der Waals surface area contributed by atoms with Crippen molar-refractivity contribution in [3.63, 3.8) is 0 Å². The van der Waals surface area contributed by atoms with Crippen LogP contribution in [0.4, 0.5) is 0 Å². The van der Waals surface area contributed by atoms with E-state index in [1.807, 2.05) is 0 Å². The van der Waals surface area contributed by atoms with Crippen LogP contribution in [0.1, 0.15) is 46.0 Å². The Morgan fingerprint density at radius 1 is 1.11 bits per heavy atom. The third kappa shape index (κ3) is 3.06. The van der Waals surface area contributed by atoms with E-state index < -0.39 is 0 Å². The zero-order chi connectivity index (χ0) is 13.0. The third-order valence-electron chi connectivity index (χ3n) is 5.38. The van der Waals surface area contributed by atoms with Gasteiger partial charge in [0.1, 0.15) is 0 Å². The number of hydrogen-bond donors (Lipinski definition) is 1. The summed E-state index contributed by atoms with van der Waals surface area (Å²) in [6.45, 7) is 11.9. The molecule has 106 valence electrons. The highest BCUT2D eigenvalue weighted by atomic mass is 15.3. The molecule has 0 aromatic heterocycles. The topological polar surface area (TPSA) is 32.5 Å². The summed E-state index contributed by atoms with van der Waals surface area (Å²) in [6, 6.07) is 0.830. The maximum Gasteiger partial charge on any atom is 0.0223 e. The highest BCUT2D eigenvalue weighted by Gasteiger charge is 2.32. The summed E-state index contributed by atoms with van der Waals surface area (Å²) >= 11 is 0. The molecule has 18 heavy (non-hydrogen) atoms. The van der Waals surface area contributed by atoms with Gasteiger partial charge in [0.15, 0.2) is 0 Å². The lowest BCUT2D eigenvalue weighted by atomic mass is 9.81. The van der Waals surface area contributed by atoms with Gasteiger partial charge in [-0.25, -0.2) is 0 Å². The second kappa shape index (κ2) is 6.36. The average Bonchev–Trinajstić information content (AvgIpc) is 2.75. The summed E-state index contributed by atoms with van der Waals surface area (Å²) in [5, 5.41) is 0. The van der Waals surface area contributed by atoms with Crippen molar-refractivity contribution < 1.29 is 0 Å². The molecule has 3 nitrogen and oxygen atoms in total. The fourth-order valence-electron chi connectivity index (χ4n) is 3.73. The highest BCUT2D eigenvalue weighted by Crippen LogP contribution is 2.28. The van der Waals surface area contributed by atoms with Gasteiger partial charge in [0, 0.05) is 19.1 Å². The Balaban J connectivity index is 1.95. The quantitative estimate of drug-likeness (QED) is 0.812. The molecule has 0 radical (unpaired) electrons. The Kier molecular flexibility index (Phi) is 5.05. The Morgan fingerprint density at radius 3 is 2.50 bits per heavy atom. The van der Waals surface area contributed by atoms with Crippen LogP contribution in [0.2, 0.25) is 0 Å². The van der Waals surface area contributed by atoms with Crippen molar-refractivity contribution in [1.82, 2.24) is 9.80 Å². The van der Waals surface area contributed by atoms with Gasteiger partial charge in [0.05, 0.1) is 0 Å². The van der Waals surface area contributed by atoms with Gasteiger partial charge >= 0.3 is 0 Å². The number of nitrogens with zero attached hydrogens (tertiary/aromatic N) is 2. The average molecular weight is 253 g/mol. The molecule has 0 aliphatic carbocycles. The van der Waals surface area contributed by atoms with Crippen molar-refractivity contribution in [3.8, 4) is 0 Å². The lowest BCUT2D eigenvalue weighted by Crippen LogP contribution is -2.45. The van der Waals surface area contributed by atoms with Gasteiger partial charge in [0.2, 0.25) is 0 Å². The van der Waals surface area contributed by atoms with E-state index in [1.165, 1.54) is 64.8 Å². The highest BCUT2D eigenvalue weighted by molar-refractivity contribution is 4.88. The summed E-state index contributed by atoms with van der Waals surface area (Å²) in [5.74, 6) is 0. The first kappa shape index (κ1) is 14.3. The Bertz CT molecular complexity index is 242. The molecule has 0 aromatic rings. The van der Waals surface area contributed by atoms with Crippen LogP contribution in [-0.4, -0.2) is 55.1 Å². The number of nitrogens with two attached hydrogens (primary N) is 1. The van der Waals surface area contributed by atoms with E-state index in [9.17, 15) is 0 Å².